The number of nitrogen functional groups attached to an aromatic ring is 1. The first-order valence-electron chi connectivity index (χ1n) is 5.17. The second-order valence-electron chi connectivity index (χ2n) is 3.61. The summed E-state index contributed by atoms with van der Waals surface area (Å²) in [6, 6.07) is 9.15. The van der Waals surface area contributed by atoms with Crippen LogP contribution >= 0.6 is 22.9 Å². The third-order valence-corrected chi connectivity index (χ3v) is 3.68. The molecule has 0 aliphatic rings. The Bertz CT molecular complexity index is 692. The predicted molar refractivity (Wildman–Crippen MR) is 72.5 cm³/mol. The number of halogens is 1. The number of rotatable bonds is 2. The van der Waals surface area contributed by atoms with Gasteiger partial charge in [0.2, 0.25) is 5.82 Å². The molecule has 0 spiro atoms. The smallest absolute Gasteiger partial charge is 0.270 e. The van der Waals surface area contributed by atoms with E-state index in [9.17, 15) is 0 Å². The summed E-state index contributed by atoms with van der Waals surface area (Å²) in [5.74, 6) is 0.876. The number of thiophene rings is 1. The highest BCUT2D eigenvalue weighted by Gasteiger charge is 2.15. The van der Waals surface area contributed by atoms with Gasteiger partial charge in [-0.15, -0.1) is 11.3 Å². The van der Waals surface area contributed by atoms with Crippen LogP contribution in [0, 0.1) is 0 Å². The highest BCUT2D eigenvalue weighted by molar-refractivity contribution is 7.14. The normalized spacial score (nSPS) is 10.7. The zero-order chi connectivity index (χ0) is 12.5. The van der Waals surface area contributed by atoms with Gasteiger partial charge >= 0.3 is 0 Å². The van der Waals surface area contributed by atoms with E-state index in [0.29, 0.717) is 22.4 Å². The Balaban J connectivity index is 2.05. The minimum absolute atomic E-state index is 0.414. The monoisotopic (exact) mass is 277 g/mol. The van der Waals surface area contributed by atoms with Gasteiger partial charge in [0.25, 0.3) is 5.89 Å². The quantitative estimate of drug-likeness (QED) is 0.776. The van der Waals surface area contributed by atoms with Crippen molar-refractivity contribution in [3.63, 3.8) is 0 Å². The summed E-state index contributed by atoms with van der Waals surface area (Å²) in [6.45, 7) is 0. The van der Waals surface area contributed by atoms with Crippen LogP contribution in [0.25, 0.3) is 22.2 Å². The lowest BCUT2D eigenvalue weighted by molar-refractivity contribution is 0.433. The summed E-state index contributed by atoms with van der Waals surface area (Å²) in [6.07, 6.45) is 0. The lowest BCUT2D eigenvalue weighted by Crippen LogP contribution is -1.84. The number of hydrogen-bond acceptors (Lipinski definition) is 5. The number of aromatic nitrogens is 2. The molecule has 0 radical (unpaired) electrons. The van der Waals surface area contributed by atoms with Crippen LogP contribution in [-0.2, 0) is 0 Å². The van der Waals surface area contributed by atoms with Crippen molar-refractivity contribution in [2.45, 2.75) is 0 Å². The Hall–Kier alpha value is -1.85. The van der Waals surface area contributed by atoms with Crippen molar-refractivity contribution in [1.82, 2.24) is 10.1 Å². The van der Waals surface area contributed by atoms with E-state index in [2.05, 4.69) is 10.1 Å². The van der Waals surface area contributed by atoms with E-state index in [0.717, 1.165) is 10.4 Å². The summed E-state index contributed by atoms with van der Waals surface area (Å²) in [7, 11) is 0. The molecule has 2 heterocycles. The average Bonchev–Trinajstić information content (AvgIpc) is 2.98. The lowest BCUT2D eigenvalue weighted by Gasteiger charge is -1.95. The van der Waals surface area contributed by atoms with Crippen LogP contribution in [0.4, 0.5) is 5.69 Å². The fourth-order valence-corrected chi connectivity index (χ4v) is 2.52. The molecule has 2 N–H and O–H groups in total. The molecule has 4 nitrogen and oxygen atoms in total. The molecule has 0 saturated heterocycles. The Kier molecular flexibility index (Phi) is 2.77. The van der Waals surface area contributed by atoms with E-state index >= 15 is 0 Å². The van der Waals surface area contributed by atoms with Crippen molar-refractivity contribution >= 4 is 28.6 Å². The van der Waals surface area contributed by atoms with Crippen LogP contribution in [0.15, 0.2) is 40.2 Å². The first-order valence-corrected chi connectivity index (χ1v) is 6.43. The summed E-state index contributed by atoms with van der Waals surface area (Å²) in [5.41, 5.74) is 7.18. The van der Waals surface area contributed by atoms with Gasteiger partial charge in [-0.3, -0.25) is 0 Å². The molecule has 0 fully saturated rings. The van der Waals surface area contributed by atoms with Crippen LogP contribution in [0.5, 0.6) is 0 Å². The number of nitrogens with two attached hydrogens (primary N) is 1. The SMILES string of the molecule is Nc1ccsc1-c1nc(-c2ccccc2Cl)no1. The molecule has 0 bridgehead atoms. The maximum absolute atomic E-state index is 6.08. The summed E-state index contributed by atoms with van der Waals surface area (Å²) < 4.78 is 5.21. The zero-order valence-electron chi connectivity index (χ0n) is 9.13. The van der Waals surface area contributed by atoms with Crippen molar-refractivity contribution < 1.29 is 4.52 Å². The van der Waals surface area contributed by atoms with Crippen molar-refractivity contribution in [3.05, 3.63) is 40.7 Å². The lowest BCUT2D eigenvalue weighted by atomic mass is 10.2. The molecule has 0 saturated carbocycles. The second kappa shape index (κ2) is 4.44. The molecule has 0 aliphatic heterocycles. The Morgan fingerprint density at radius 3 is 2.78 bits per heavy atom. The van der Waals surface area contributed by atoms with E-state index in [1.807, 2.05) is 23.6 Å². The Morgan fingerprint density at radius 2 is 2.06 bits per heavy atom. The first-order chi connectivity index (χ1) is 8.75. The summed E-state index contributed by atoms with van der Waals surface area (Å²) in [4.78, 5) is 5.09. The molecule has 1 aromatic carbocycles. The molecule has 3 aromatic rings. The third-order valence-electron chi connectivity index (χ3n) is 2.43. The molecule has 0 atom stereocenters. The Morgan fingerprint density at radius 1 is 1.22 bits per heavy atom. The number of benzene rings is 1. The summed E-state index contributed by atoms with van der Waals surface area (Å²) in [5, 5.41) is 6.39. The molecule has 0 aliphatic carbocycles. The van der Waals surface area contributed by atoms with Crippen LogP contribution in [0.2, 0.25) is 5.02 Å². The van der Waals surface area contributed by atoms with Gasteiger partial charge in [-0.25, -0.2) is 0 Å². The van der Waals surface area contributed by atoms with Gasteiger partial charge in [-0.05, 0) is 23.6 Å². The van der Waals surface area contributed by atoms with Crippen LogP contribution in [0.3, 0.4) is 0 Å². The van der Waals surface area contributed by atoms with Gasteiger partial charge in [0.15, 0.2) is 0 Å². The highest BCUT2D eigenvalue weighted by atomic mass is 35.5. The van der Waals surface area contributed by atoms with Gasteiger partial charge in [-0.2, -0.15) is 4.98 Å². The fraction of sp³-hybridized carbons (Fsp3) is 0. The van der Waals surface area contributed by atoms with Crippen molar-refractivity contribution in [3.8, 4) is 22.2 Å². The maximum atomic E-state index is 6.08. The molecule has 0 unspecified atom stereocenters. The van der Waals surface area contributed by atoms with Gasteiger partial charge in [0.1, 0.15) is 4.88 Å². The van der Waals surface area contributed by atoms with E-state index < -0.39 is 0 Å². The maximum Gasteiger partial charge on any atom is 0.270 e. The molecule has 2 aromatic heterocycles. The van der Waals surface area contributed by atoms with E-state index in [1.165, 1.54) is 11.3 Å². The molecular formula is C12H8ClN3OS. The van der Waals surface area contributed by atoms with Gasteiger partial charge in [-0.1, -0.05) is 28.9 Å². The largest absolute Gasteiger partial charge is 0.397 e. The van der Waals surface area contributed by atoms with Crippen molar-refractivity contribution in [2.24, 2.45) is 0 Å². The molecule has 18 heavy (non-hydrogen) atoms. The van der Waals surface area contributed by atoms with Crippen LogP contribution < -0.4 is 5.73 Å². The van der Waals surface area contributed by atoms with E-state index in [-0.39, 0.29) is 0 Å². The Labute approximate surface area is 112 Å². The van der Waals surface area contributed by atoms with Crippen LogP contribution in [0.1, 0.15) is 0 Å². The second-order valence-corrected chi connectivity index (χ2v) is 4.93. The number of hydrogen-bond donors (Lipinski definition) is 1. The van der Waals surface area contributed by atoms with E-state index in [1.54, 1.807) is 12.1 Å². The number of anilines is 1. The minimum Gasteiger partial charge on any atom is -0.397 e. The molecule has 3 rings (SSSR count). The van der Waals surface area contributed by atoms with Gasteiger partial charge < -0.3 is 10.3 Å². The first kappa shape index (κ1) is 11.3. The van der Waals surface area contributed by atoms with Gasteiger partial charge in [0, 0.05) is 5.56 Å². The van der Waals surface area contributed by atoms with Crippen molar-refractivity contribution in [1.29, 1.82) is 0 Å². The molecule has 90 valence electrons. The third kappa shape index (κ3) is 1.87. The topological polar surface area (TPSA) is 64.9 Å². The number of nitrogens with zero attached hydrogens (tertiary/aromatic N) is 2. The minimum atomic E-state index is 0.414. The van der Waals surface area contributed by atoms with Gasteiger partial charge in [0.05, 0.1) is 10.7 Å². The molecule has 6 heteroatoms. The zero-order valence-corrected chi connectivity index (χ0v) is 10.7. The molecule has 0 amide bonds. The standard InChI is InChI=1S/C12H8ClN3OS/c13-8-4-2-1-3-7(8)11-15-12(17-16-11)10-9(14)5-6-18-10/h1-6H,14H2. The highest BCUT2D eigenvalue weighted by Crippen LogP contribution is 2.32. The summed E-state index contributed by atoms with van der Waals surface area (Å²) >= 11 is 7.54. The fourth-order valence-electron chi connectivity index (χ4n) is 1.56. The van der Waals surface area contributed by atoms with Crippen molar-refractivity contribution in [2.75, 3.05) is 5.73 Å². The molecular weight excluding hydrogens is 270 g/mol. The van der Waals surface area contributed by atoms with Crippen LogP contribution in [-0.4, -0.2) is 10.1 Å². The average molecular weight is 278 g/mol. The van der Waals surface area contributed by atoms with E-state index in [4.69, 9.17) is 21.9 Å². The predicted octanol–water partition coefficient (Wildman–Crippen LogP) is 3.70.